The summed E-state index contributed by atoms with van der Waals surface area (Å²) in [5.74, 6) is 2.28. The molecule has 6 nitrogen and oxygen atoms in total. The van der Waals surface area contributed by atoms with Crippen molar-refractivity contribution in [2.24, 2.45) is 4.99 Å². The predicted molar refractivity (Wildman–Crippen MR) is 118 cm³/mol. The summed E-state index contributed by atoms with van der Waals surface area (Å²) >= 11 is 0. The second-order valence-electron chi connectivity index (χ2n) is 6.94. The van der Waals surface area contributed by atoms with E-state index in [1.54, 1.807) is 20.4 Å². The quantitative estimate of drug-likeness (QED) is 0.396. The minimum absolute atomic E-state index is 0. The van der Waals surface area contributed by atoms with Gasteiger partial charge in [-0.1, -0.05) is 24.3 Å². The molecule has 0 saturated carbocycles. The van der Waals surface area contributed by atoms with Crippen LogP contribution < -0.4 is 20.1 Å². The summed E-state index contributed by atoms with van der Waals surface area (Å²) in [6.07, 6.45) is 2.65. The number of fused-ring (bicyclic) bond motifs is 1. The number of halogens is 1. The van der Waals surface area contributed by atoms with Crippen LogP contribution in [-0.2, 0) is 6.54 Å². The highest BCUT2D eigenvalue weighted by Crippen LogP contribution is 2.39. The van der Waals surface area contributed by atoms with Crippen molar-refractivity contribution in [3.8, 4) is 11.6 Å². The Hall–Kier alpha value is -2.03. The molecule has 27 heavy (non-hydrogen) atoms. The molecule has 0 bridgehead atoms. The second kappa shape index (κ2) is 9.25. The van der Waals surface area contributed by atoms with E-state index in [2.05, 4.69) is 40.5 Å². The SMILES string of the molecule is CN=C(NCc1ccc(OC)nc1)NC1CC(C)(C)Oc2ccccc21.I. The van der Waals surface area contributed by atoms with Gasteiger partial charge in [0.2, 0.25) is 5.88 Å². The maximum absolute atomic E-state index is 6.10. The molecule has 3 rings (SSSR count). The molecular formula is C20H27IN4O2. The highest BCUT2D eigenvalue weighted by molar-refractivity contribution is 14.0. The summed E-state index contributed by atoms with van der Waals surface area (Å²) in [5.41, 5.74) is 1.98. The maximum atomic E-state index is 6.10. The lowest BCUT2D eigenvalue weighted by atomic mass is 9.90. The molecule has 0 fully saturated rings. The van der Waals surface area contributed by atoms with E-state index in [9.17, 15) is 0 Å². The summed E-state index contributed by atoms with van der Waals surface area (Å²) in [6.45, 7) is 4.85. The van der Waals surface area contributed by atoms with Crippen LogP contribution in [0.1, 0.15) is 37.4 Å². The minimum Gasteiger partial charge on any atom is -0.487 e. The van der Waals surface area contributed by atoms with Crippen LogP contribution >= 0.6 is 24.0 Å². The highest BCUT2D eigenvalue weighted by Gasteiger charge is 2.33. The van der Waals surface area contributed by atoms with Crippen LogP contribution in [0.2, 0.25) is 0 Å². The maximum Gasteiger partial charge on any atom is 0.212 e. The molecule has 0 aliphatic carbocycles. The van der Waals surface area contributed by atoms with Gasteiger partial charge in [-0.15, -0.1) is 24.0 Å². The molecule has 1 aliphatic heterocycles. The van der Waals surface area contributed by atoms with Crippen LogP contribution in [0.5, 0.6) is 11.6 Å². The lowest BCUT2D eigenvalue weighted by Crippen LogP contribution is -2.45. The van der Waals surface area contributed by atoms with Gasteiger partial charge in [-0.2, -0.15) is 0 Å². The molecule has 2 heterocycles. The zero-order valence-electron chi connectivity index (χ0n) is 16.2. The van der Waals surface area contributed by atoms with E-state index in [4.69, 9.17) is 9.47 Å². The van der Waals surface area contributed by atoms with Gasteiger partial charge in [-0.3, -0.25) is 4.99 Å². The van der Waals surface area contributed by atoms with Gasteiger partial charge in [0.1, 0.15) is 11.4 Å². The van der Waals surface area contributed by atoms with E-state index in [0.29, 0.717) is 12.4 Å². The Kier molecular flexibility index (Phi) is 7.29. The normalized spacial score (nSPS) is 17.8. The van der Waals surface area contributed by atoms with Gasteiger partial charge in [0.05, 0.1) is 13.2 Å². The molecule has 1 aromatic carbocycles. The van der Waals surface area contributed by atoms with E-state index < -0.39 is 0 Å². The number of aliphatic imine (C=N–C) groups is 1. The van der Waals surface area contributed by atoms with Crippen molar-refractivity contribution in [2.45, 2.75) is 38.5 Å². The average Bonchev–Trinajstić information content (AvgIpc) is 2.64. The largest absolute Gasteiger partial charge is 0.487 e. The van der Waals surface area contributed by atoms with Crippen molar-refractivity contribution in [3.05, 3.63) is 53.7 Å². The average molecular weight is 482 g/mol. The van der Waals surface area contributed by atoms with Crippen LogP contribution in [0, 0.1) is 0 Å². The number of nitrogens with one attached hydrogen (secondary N) is 2. The molecule has 2 aromatic rings. The molecule has 0 spiro atoms. The first-order valence-corrected chi connectivity index (χ1v) is 8.75. The van der Waals surface area contributed by atoms with Crippen molar-refractivity contribution in [2.75, 3.05) is 14.2 Å². The van der Waals surface area contributed by atoms with Gasteiger partial charge in [0, 0.05) is 37.8 Å². The number of guanidine groups is 1. The Labute approximate surface area is 177 Å². The van der Waals surface area contributed by atoms with Crippen LogP contribution in [-0.4, -0.2) is 30.7 Å². The molecule has 7 heteroatoms. The van der Waals surface area contributed by atoms with Gasteiger partial charge in [-0.05, 0) is 25.5 Å². The Morgan fingerprint density at radius 1 is 1.30 bits per heavy atom. The molecule has 1 aliphatic rings. The molecule has 2 N–H and O–H groups in total. The summed E-state index contributed by atoms with van der Waals surface area (Å²) in [4.78, 5) is 8.59. The molecular weight excluding hydrogens is 455 g/mol. The summed E-state index contributed by atoms with van der Waals surface area (Å²) in [5, 5.41) is 6.87. The van der Waals surface area contributed by atoms with Crippen molar-refractivity contribution in [1.82, 2.24) is 15.6 Å². The standard InChI is InChI=1S/C20H26N4O2.HI/c1-20(2)11-16(15-7-5-6-8-17(15)26-20)24-19(21-3)23-13-14-9-10-18(25-4)22-12-14;/h5-10,12,16H,11,13H2,1-4H3,(H2,21,23,24);1H. The van der Waals surface area contributed by atoms with Crippen LogP contribution in [0.25, 0.3) is 0 Å². The number of ether oxygens (including phenoxy) is 2. The second-order valence-corrected chi connectivity index (χ2v) is 6.94. The lowest BCUT2D eigenvalue weighted by Gasteiger charge is -2.38. The molecule has 146 valence electrons. The number of hydrogen-bond acceptors (Lipinski definition) is 4. The predicted octanol–water partition coefficient (Wildman–Crippen LogP) is 3.68. The first-order chi connectivity index (χ1) is 12.5. The van der Waals surface area contributed by atoms with Gasteiger partial charge < -0.3 is 20.1 Å². The lowest BCUT2D eigenvalue weighted by molar-refractivity contribution is 0.0694. The van der Waals surface area contributed by atoms with Crippen molar-refractivity contribution in [1.29, 1.82) is 0 Å². The zero-order chi connectivity index (χ0) is 18.6. The van der Waals surface area contributed by atoms with Gasteiger partial charge >= 0.3 is 0 Å². The number of aromatic nitrogens is 1. The number of para-hydroxylation sites is 1. The Morgan fingerprint density at radius 2 is 2.07 bits per heavy atom. The monoisotopic (exact) mass is 482 g/mol. The first-order valence-electron chi connectivity index (χ1n) is 8.75. The molecule has 1 aromatic heterocycles. The van der Waals surface area contributed by atoms with Crippen LogP contribution in [0.15, 0.2) is 47.6 Å². The van der Waals surface area contributed by atoms with Crippen molar-refractivity contribution < 1.29 is 9.47 Å². The third kappa shape index (κ3) is 5.47. The Balaban J connectivity index is 0.00000261. The van der Waals surface area contributed by atoms with Crippen molar-refractivity contribution >= 4 is 29.9 Å². The highest BCUT2D eigenvalue weighted by atomic mass is 127. The molecule has 0 radical (unpaired) electrons. The number of methoxy groups -OCH3 is 1. The van der Waals surface area contributed by atoms with Gasteiger partial charge in [0.25, 0.3) is 0 Å². The fourth-order valence-corrected chi connectivity index (χ4v) is 3.11. The van der Waals surface area contributed by atoms with Crippen LogP contribution in [0.4, 0.5) is 0 Å². The summed E-state index contributed by atoms with van der Waals surface area (Å²) in [6, 6.07) is 12.1. The number of nitrogens with zero attached hydrogens (tertiary/aromatic N) is 2. The zero-order valence-corrected chi connectivity index (χ0v) is 18.5. The number of benzene rings is 1. The third-order valence-electron chi connectivity index (χ3n) is 4.38. The Bertz CT molecular complexity index is 778. The third-order valence-corrected chi connectivity index (χ3v) is 4.38. The summed E-state index contributed by atoms with van der Waals surface area (Å²) < 4.78 is 11.2. The number of pyridine rings is 1. The van der Waals surface area contributed by atoms with E-state index in [1.165, 1.54) is 0 Å². The first kappa shape index (κ1) is 21.3. The van der Waals surface area contributed by atoms with Gasteiger partial charge in [-0.25, -0.2) is 4.98 Å². The van der Waals surface area contributed by atoms with E-state index >= 15 is 0 Å². The number of rotatable bonds is 4. The van der Waals surface area contributed by atoms with E-state index in [1.807, 2.05) is 30.3 Å². The van der Waals surface area contributed by atoms with Gasteiger partial charge in [0.15, 0.2) is 5.96 Å². The topological polar surface area (TPSA) is 67.8 Å². The smallest absolute Gasteiger partial charge is 0.212 e. The van der Waals surface area contributed by atoms with Crippen molar-refractivity contribution in [3.63, 3.8) is 0 Å². The molecule has 1 unspecified atom stereocenters. The Morgan fingerprint density at radius 3 is 2.74 bits per heavy atom. The molecule has 0 saturated heterocycles. The molecule has 1 atom stereocenters. The van der Waals surface area contributed by atoms with E-state index in [0.717, 1.165) is 29.3 Å². The minimum atomic E-state index is -0.231. The summed E-state index contributed by atoms with van der Waals surface area (Å²) in [7, 11) is 3.39. The molecule has 0 amide bonds. The van der Waals surface area contributed by atoms with E-state index in [-0.39, 0.29) is 35.6 Å². The number of hydrogen-bond donors (Lipinski definition) is 2. The fraction of sp³-hybridized carbons (Fsp3) is 0.400. The van der Waals surface area contributed by atoms with Crippen LogP contribution in [0.3, 0.4) is 0 Å². The fourth-order valence-electron chi connectivity index (χ4n) is 3.11.